The van der Waals surface area contributed by atoms with E-state index in [1.54, 1.807) is 30.3 Å². The average Bonchev–Trinajstić information content (AvgIpc) is 3.00. The van der Waals surface area contributed by atoms with Gasteiger partial charge in [-0.2, -0.15) is 0 Å². The molecule has 4 N–H and O–H groups in total. The summed E-state index contributed by atoms with van der Waals surface area (Å²) in [6.07, 6.45) is 6.15. The highest BCUT2D eigenvalue weighted by atomic mass is 35.5. The number of nitrogens with zero attached hydrogens (tertiary/aromatic N) is 1. The van der Waals surface area contributed by atoms with Crippen LogP contribution in [0.5, 0.6) is 0 Å². The molecule has 7 nitrogen and oxygen atoms in total. The minimum atomic E-state index is -0.286. The fraction of sp³-hybridized carbons (Fsp3) is 0.400. The van der Waals surface area contributed by atoms with Crippen molar-refractivity contribution in [3.05, 3.63) is 47.9 Å². The molecule has 0 radical (unpaired) electrons. The van der Waals surface area contributed by atoms with Crippen molar-refractivity contribution in [2.45, 2.75) is 32.2 Å². The van der Waals surface area contributed by atoms with Gasteiger partial charge in [-0.25, -0.2) is 0 Å². The van der Waals surface area contributed by atoms with Gasteiger partial charge in [0.15, 0.2) is 0 Å². The Morgan fingerprint density at radius 2 is 1.66 bits per heavy atom. The summed E-state index contributed by atoms with van der Waals surface area (Å²) in [5, 5.41) is 5.71. The van der Waals surface area contributed by atoms with E-state index in [-0.39, 0.29) is 43.2 Å². The number of nitrogens with two attached hydrogens (primary N) is 1. The van der Waals surface area contributed by atoms with Crippen molar-refractivity contribution in [1.82, 2.24) is 4.90 Å². The second-order valence-electron chi connectivity index (χ2n) is 6.78. The molecule has 0 saturated carbocycles. The lowest BCUT2D eigenvalue weighted by atomic mass is 10.2. The molecular weight excluding hydrogens is 415 g/mol. The van der Waals surface area contributed by atoms with E-state index in [1.165, 1.54) is 19.1 Å². The van der Waals surface area contributed by atoms with E-state index < -0.39 is 0 Å². The first kappa shape index (κ1) is 25.0. The normalized spacial score (nSPS) is 14.1. The molecule has 9 heteroatoms. The number of nitrogens with one attached hydrogen (secondary N) is 2. The van der Waals surface area contributed by atoms with E-state index in [0.29, 0.717) is 29.2 Å². The van der Waals surface area contributed by atoms with E-state index in [4.69, 9.17) is 10.2 Å². The third-order valence-corrected chi connectivity index (χ3v) is 4.59. The second kappa shape index (κ2) is 12.5. The fourth-order valence-corrected chi connectivity index (χ4v) is 3.18. The number of likely N-dealkylation sites (tertiary alicyclic amines) is 1. The van der Waals surface area contributed by atoms with Crippen molar-refractivity contribution in [1.29, 1.82) is 0 Å². The molecule has 160 valence electrons. The van der Waals surface area contributed by atoms with Gasteiger partial charge < -0.3 is 20.8 Å². The molecule has 2 amide bonds. The second-order valence-corrected chi connectivity index (χ2v) is 6.78. The predicted molar refractivity (Wildman–Crippen MR) is 119 cm³/mol. The maximum atomic E-state index is 12.3. The van der Waals surface area contributed by atoms with Crippen LogP contribution in [0.4, 0.5) is 11.4 Å². The highest BCUT2D eigenvalue weighted by molar-refractivity contribution is 6.04. The van der Waals surface area contributed by atoms with Crippen LogP contribution in [0.3, 0.4) is 0 Å². The fourth-order valence-electron chi connectivity index (χ4n) is 3.18. The lowest BCUT2D eigenvalue weighted by Crippen LogP contribution is -2.33. The minimum absolute atomic E-state index is 0. The summed E-state index contributed by atoms with van der Waals surface area (Å²) in [5.41, 5.74) is 7.15. The number of halogens is 2. The van der Waals surface area contributed by atoms with Gasteiger partial charge in [0, 0.05) is 11.4 Å². The van der Waals surface area contributed by atoms with Crippen molar-refractivity contribution in [2.75, 3.05) is 30.3 Å². The largest absolute Gasteiger partial charge is 0.467 e. The molecule has 3 rings (SSSR count). The van der Waals surface area contributed by atoms with E-state index in [0.717, 1.165) is 25.9 Å². The minimum Gasteiger partial charge on any atom is -0.467 e. The summed E-state index contributed by atoms with van der Waals surface area (Å²) in [7, 11) is 0. The van der Waals surface area contributed by atoms with Crippen LogP contribution >= 0.6 is 24.8 Å². The number of carbonyl (C=O) groups is 2. The van der Waals surface area contributed by atoms with E-state index in [9.17, 15) is 9.59 Å². The number of furan rings is 1. The van der Waals surface area contributed by atoms with Crippen LogP contribution in [0, 0.1) is 0 Å². The van der Waals surface area contributed by atoms with Crippen molar-refractivity contribution in [3.8, 4) is 0 Å². The summed E-state index contributed by atoms with van der Waals surface area (Å²) < 4.78 is 5.18. The maximum Gasteiger partial charge on any atom is 0.258 e. The third-order valence-electron chi connectivity index (χ3n) is 4.59. The molecule has 0 unspecified atom stereocenters. The molecule has 0 aliphatic carbocycles. The highest BCUT2D eigenvalue weighted by Gasteiger charge is 2.14. The van der Waals surface area contributed by atoms with Crippen molar-refractivity contribution < 1.29 is 14.0 Å². The van der Waals surface area contributed by atoms with Gasteiger partial charge in [0.1, 0.15) is 12.0 Å². The van der Waals surface area contributed by atoms with E-state index in [1.807, 2.05) is 0 Å². The Morgan fingerprint density at radius 1 is 1.00 bits per heavy atom. The first-order chi connectivity index (χ1) is 13.1. The molecule has 0 bridgehead atoms. The SMILES string of the molecule is Cl.Cl.NCc1cc(C(=O)Nc2cccc(NC(=O)CN3CCCCCC3)c2)co1. The van der Waals surface area contributed by atoms with Crippen LogP contribution in [0.2, 0.25) is 0 Å². The van der Waals surface area contributed by atoms with Crippen LogP contribution in [0.25, 0.3) is 0 Å². The van der Waals surface area contributed by atoms with Gasteiger partial charge in [0.05, 0.1) is 18.7 Å². The van der Waals surface area contributed by atoms with Gasteiger partial charge in [0.25, 0.3) is 5.91 Å². The predicted octanol–water partition coefficient (Wildman–Crippen LogP) is 3.65. The quantitative estimate of drug-likeness (QED) is 0.633. The number of carbonyl (C=O) groups excluding carboxylic acids is 2. The first-order valence-electron chi connectivity index (χ1n) is 9.35. The van der Waals surface area contributed by atoms with Crippen molar-refractivity contribution in [3.63, 3.8) is 0 Å². The Kier molecular flexibility index (Phi) is 10.8. The molecule has 1 aromatic carbocycles. The van der Waals surface area contributed by atoms with Gasteiger partial charge in [-0.05, 0) is 50.2 Å². The van der Waals surface area contributed by atoms with Crippen LogP contribution in [0.15, 0.2) is 41.0 Å². The Balaban J connectivity index is 0.00000210. The van der Waals surface area contributed by atoms with E-state index >= 15 is 0 Å². The third kappa shape index (κ3) is 7.70. The molecule has 1 aliphatic rings. The smallest absolute Gasteiger partial charge is 0.258 e. The van der Waals surface area contributed by atoms with Gasteiger partial charge in [-0.15, -0.1) is 24.8 Å². The molecule has 1 aromatic heterocycles. The number of anilines is 2. The number of hydrogen-bond acceptors (Lipinski definition) is 5. The number of amides is 2. The zero-order valence-corrected chi connectivity index (χ0v) is 17.8. The molecule has 1 aliphatic heterocycles. The monoisotopic (exact) mass is 442 g/mol. The molecule has 0 atom stereocenters. The highest BCUT2D eigenvalue weighted by Crippen LogP contribution is 2.17. The zero-order valence-electron chi connectivity index (χ0n) is 16.2. The van der Waals surface area contributed by atoms with Crippen molar-refractivity contribution >= 4 is 48.0 Å². The van der Waals surface area contributed by atoms with Crippen LogP contribution in [-0.2, 0) is 11.3 Å². The molecular formula is C20H28Cl2N4O3. The summed E-state index contributed by atoms with van der Waals surface area (Å²) in [6.45, 7) is 2.58. The number of rotatable bonds is 6. The molecule has 0 spiro atoms. The average molecular weight is 443 g/mol. The van der Waals surface area contributed by atoms with Crippen LogP contribution in [-0.4, -0.2) is 36.3 Å². The van der Waals surface area contributed by atoms with Gasteiger partial charge >= 0.3 is 0 Å². The summed E-state index contributed by atoms with van der Waals surface area (Å²) in [6, 6.07) is 8.72. The van der Waals surface area contributed by atoms with Gasteiger partial charge in [-0.3, -0.25) is 14.5 Å². The van der Waals surface area contributed by atoms with Crippen LogP contribution < -0.4 is 16.4 Å². The molecule has 2 aromatic rings. The number of benzene rings is 1. The summed E-state index contributed by atoms with van der Waals surface area (Å²) in [4.78, 5) is 26.8. The molecule has 1 saturated heterocycles. The van der Waals surface area contributed by atoms with Gasteiger partial charge in [0.2, 0.25) is 5.91 Å². The summed E-state index contributed by atoms with van der Waals surface area (Å²) in [5.74, 6) is 0.226. The van der Waals surface area contributed by atoms with Crippen LogP contribution in [0.1, 0.15) is 41.8 Å². The van der Waals surface area contributed by atoms with E-state index in [2.05, 4.69) is 15.5 Å². The first-order valence-corrected chi connectivity index (χ1v) is 9.35. The lowest BCUT2D eigenvalue weighted by molar-refractivity contribution is -0.117. The molecule has 2 heterocycles. The van der Waals surface area contributed by atoms with Gasteiger partial charge in [-0.1, -0.05) is 18.9 Å². The lowest BCUT2D eigenvalue weighted by Gasteiger charge is -2.19. The Bertz CT molecular complexity index is 790. The molecule has 29 heavy (non-hydrogen) atoms. The number of hydrogen-bond donors (Lipinski definition) is 3. The Hall–Kier alpha value is -2.06. The summed E-state index contributed by atoms with van der Waals surface area (Å²) >= 11 is 0. The Labute approximate surface area is 183 Å². The topological polar surface area (TPSA) is 101 Å². The Morgan fingerprint density at radius 3 is 2.28 bits per heavy atom. The zero-order chi connectivity index (χ0) is 19.1. The standard InChI is InChI=1S/C20H26N4O3.2ClH/c21-12-18-10-15(14-27-18)20(26)23-17-7-5-6-16(11-17)22-19(25)13-24-8-3-1-2-4-9-24;;/h5-7,10-11,14H,1-4,8-9,12-13,21H2,(H,22,25)(H,23,26);2*1H. The maximum absolute atomic E-state index is 12.3. The molecule has 1 fully saturated rings. The van der Waals surface area contributed by atoms with Crippen molar-refractivity contribution in [2.24, 2.45) is 5.73 Å².